The van der Waals surface area contributed by atoms with Gasteiger partial charge in [0.1, 0.15) is 5.66 Å². The Hall–Kier alpha value is -2.22. The fourth-order valence-corrected chi connectivity index (χ4v) is 3.95. The summed E-state index contributed by atoms with van der Waals surface area (Å²) < 4.78 is 0. The molecule has 3 rings (SSSR count). The quantitative estimate of drug-likeness (QED) is 0.805. The van der Waals surface area contributed by atoms with Crippen LogP contribution in [0.3, 0.4) is 0 Å². The van der Waals surface area contributed by atoms with Gasteiger partial charge < -0.3 is 9.80 Å². The van der Waals surface area contributed by atoms with E-state index in [9.17, 15) is 0 Å². The van der Waals surface area contributed by atoms with Gasteiger partial charge in [-0.25, -0.2) is 0 Å². The van der Waals surface area contributed by atoms with Crippen molar-refractivity contribution < 1.29 is 0 Å². The van der Waals surface area contributed by atoms with E-state index in [1.807, 2.05) is 0 Å². The molecule has 2 nitrogen and oxygen atoms in total. The second-order valence-corrected chi connectivity index (χ2v) is 6.31. The van der Waals surface area contributed by atoms with Crippen molar-refractivity contribution in [1.29, 1.82) is 0 Å². The van der Waals surface area contributed by atoms with Gasteiger partial charge in [-0.05, 0) is 25.0 Å². The average Bonchev–Trinajstić information content (AvgIpc) is 2.60. The van der Waals surface area contributed by atoms with E-state index >= 15 is 0 Å². The standard InChI is InChI=1S/C21H26N2/c1-5-19-18-14-10-11-15-20(18)23(4)21(6-2,22(19)3)16-17-12-8-7-9-13-17/h5,7-15H,6,16H2,1-4H3/b19-5+. The number of fused-ring (bicyclic) bond motifs is 1. The van der Waals surface area contributed by atoms with E-state index in [2.05, 4.69) is 98.4 Å². The van der Waals surface area contributed by atoms with E-state index in [1.165, 1.54) is 22.5 Å². The molecule has 0 radical (unpaired) electrons. The predicted molar refractivity (Wildman–Crippen MR) is 99.4 cm³/mol. The Morgan fingerprint density at radius 1 is 0.913 bits per heavy atom. The second kappa shape index (κ2) is 6.11. The van der Waals surface area contributed by atoms with E-state index in [1.54, 1.807) is 0 Å². The smallest absolute Gasteiger partial charge is 0.116 e. The number of likely N-dealkylation sites (N-methyl/N-ethyl adjacent to an activating group) is 2. The maximum absolute atomic E-state index is 2.46. The van der Waals surface area contributed by atoms with E-state index in [0.717, 1.165) is 12.8 Å². The lowest BCUT2D eigenvalue weighted by Gasteiger charge is -2.55. The van der Waals surface area contributed by atoms with Crippen LogP contribution in [-0.4, -0.2) is 24.7 Å². The summed E-state index contributed by atoms with van der Waals surface area (Å²) in [5.74, 6) is 0. The molecule has 1 aliphatic heterocycles. The monoisotopic (exact) mass is 306 g/mol. The molecule has 23 heavy (non-hydrogen) atoms. The summed E-state index contributed by atoms with van der Waals surface area (Å²) in [6.45, 7) is 4.42. The molecule has 0 aliphatic carbocycles. The average molecular weight is 306 g/mol. The molecule has 0 saturated carbocycles. The number of nitrogens with zero attached hydrogens (tertiary/aromatic N) is 2. The highest BCUT2D eigenvalue weighted by atomic mass is 15.4. The van der Waals surface area contributed by atoms with Gasteiger partial charge >= 0.3 is 0 Å². The SMILES string of the molecule is C/C=C1\c2ccccc2N(C)C(CC)(Cc2ccccc2)N1C. The van der Waals surface area contributed by atoms with Gasteiger partial charge in [-0.1, -0.05) is 61.5 Å². The minimum atomic E-state index is -0.0441. The van der Waals surface area contributed by atoms with Gasteiger partial charge in [-0.2, -0.15) is 0 Å². The van der Waals surface area contributed by atoms with Crippen LogP contribution in [0.15, 0.2) is 60.7 Å². The molecule has 0 bridgehead atoms. The number of hydrogen-bond acceptors (Lipinski definition) is 2. The fourth-order valence-electron chi connectivity index (χ4n) is 3.95. The van der Waals surface area contributed by atoms with Crippen molar-refractivity contribution >= 4 is 11.4 Å². The molecule has 0 fully saturated rings. The number of allylic oxidation sites excluding steroid dienone is 1. The maximum Gasteiger partial charge on any atom is 0.116 e. The molecule has 0 aromatic heterocycles. The summed E-state index contributed by atoms with van der Waals surface area (Å²) in [4.78, 5) is 4.92. The molecule has 1 aliphatic rings. The van der Waals surface area contributed by atoms with Crippen LogP contribution in [0.4, 0.5) is 5.69 Å². The van der Waals surface area contributed by atoms with Crippen molar-refractivity contribution in [2.24, 2.45) is 0 Å². The first-order chi connectivity index (χ1) is 11.1. The van der Waals surface area contributed by atoms with Gasteiger partial charge in [0.05, 0.1) is 0 Å². The molecule has 120 valence electrons. The zero-order chi connectivity index (χ0) is 16.4. The Bertz CT molecular complexity index is 705. The van der Waals surface area contributed by atoms with E-state index in [4.69, 9.17) is 0 Å². The number of hydrogen-bond donors (Lipinski definition) is 0. The Labute approximate surface area is 140 Å². The first-order valence-corrected chi connectivity index (χ1v) is 8.41. The van der Waals surface area contributed by atoms with Crippen molar-refractivity contribution in [2.45, 2.75) is 32.4 Å². The van der Waals surface area contributed by atoms with Crippen molar-refractivity contribution in [3.05, 3.63) is 71.8 Å². The molecule has 0 saturated heterocycles. The number of para-hydroxylation sites is 1. The first kappa shape index (κ1) is 15.7. The number of benzene rings is 2. The zero-order valence-electron chi connectivity index (χ0n) is 14.6. The predicted octanol–water partition coefficient (Wildman–Crippen LogP) is 4.78. The highest BCUT2D eigenvalue weighted by molar-refractivity contribution is 5.80. The minimum absolute atomic E-state index is 0.0441. The second-order valence-electron chi connectivity index (χ2n) is 6.31. The third-order valence-electron chi connectivity index (χ3n) is 5.32. The molecule has 0 spiro atoms. The Morgan fingerprint density at radius 3 is 2.22 bits per heavy atom. The lowest BCUT2D eigenvalue weighted by atomic mass is 9.88. The van der Waals surface area contributed by atoms with E-state index in [0.29, 0.717) is 0 Å². The van der Waals surface area contributed by atoms with Crippen LogP contribution in [0.1, 0.15) is 31.4 Å². The summed E-state index contributed by atoms with van der Waals surface area (Å²) in [6, 6.07) is 19.5. The lowest BCUT2D eigenvalue weighted by Crippen LogP contribution is -2.61. The molecule has 0 amide bonds. The van der Waals surface area contributed by atoms with Crippen LogP contribution in [0.25, 0.3) is 5.70 Å². The molecule has 2 aromatic rings. The molecule has 2 aromatic carbocycles. The number of rotatable bonds is 3. The van der Waals surface area contributed by atoms with Crippen LogP contribution in [-0.2, 0) is 6.42 Å². The zero-order valence-corrected chi connectivity index (χ0v) is 14.6. The lowest BCUT2D eigenvalue weighted by molar-refractivity contribution is 0.173. The van der Waals surface area contributed by atoms with Crippen molar-refractivity contribution in [2.75, 3.05) is 19.0 Å². The van der Waals surface area contributed by atoms with E-state index < -0.39 is 0 Å². The van der Waals surface area contributed by atoms with Crippen molar-refractivity contribution in [1.82, 2.24) is 4.90 Å². The number of anilines is 1. The fraction of sp³-hybridized carbons (Fsp3) is 0.333. The van der Waals surface area contributed by atoms with Crippen LogP contribution < -0.4 is 4.90 Å². The summed E-state index contributed by atoms with van der Waals surface area (Å²) >= 11 is 0. The Morgan fingerprint density at radius 2 is 1.57 bits per heavy atom. The first-order valence-electron chi connectivity index (χ1n) is 8.41. The maximum atomic E-state index is 2.46. The van der Waals surface area contributed by atoms with Gasteiger partial charge in [-0.3, -0.25) is 0 Å². The summed E-state index contributed by atoms with van der Waals surface area (Å²) in [5.41, 5.74) is 5.28. The highest BCUT2D eigenvalue weighted by Gasteiger charge is 2.43. The van der Waals surface area contributed by atoms with Gasteiger partial charge in [0.15, 0.2) is 0 Å². The molecule has 1 heterocycles. The van der Waals surface area contributed by atoms with Gasteiger partial charge in [-0.15, -0.1) is 0 Å². The highest BCUT2D eigenvalue weighted by Crippen LogP contribution is 2.44. The molecular formula is C21H26N2. The summed E-state index contributed by atoms with van der Waals surface area (Å²) in [6.07, 6.45) is 4.30. The minimum Gasteiger partial charge on any atom is -0.351 e. The molecule has 0 N–H and O–H groups in total. The normalized spacial score (nSPS) is 22.3. The van der Waals surface area contributed by atoms with Gasteiger partial charge in [0.25, 0.3) is 0 Å². The third-order valence-corrected chi connectivity index (χ3v) is 5.32. The largest absolute Gasteiger partial charge is 0.351 e. The summed E-state index contributed by atoms with van der Waals surface area (Å²) in [7, 11) is 4.46. The molecule has 2 heteroatoms. The van der Waals surface area contributed by atoms with Gasteiger partial charge in [0.2, 0.25) is 0 Å². The van der Waals surface area contributed by atoms with Crippen LogP contribution >= 0.6 is 0 Å². The van der Waals surface area contributed by atoms with Crippen molar-refractivity contribution in [3.8, 4) is 0 Å². The summed E-state index contributed by atoms with van der Waals surface area (Å²) in [5, 5.41) is 0. The Kier molecular flexibility index (Phi) is 4.16. The molecular weight excluding hydrogens is 280 g/mol. The molecule has 1 unspecified atom stereocenters. The van der Waals surface area contributed by atoms with Crippen LogP contribution in [0.5, 0.6) is 0 Å². The van der Waals surface area contributed by atoms with Crippen molar-refractivity contribution in [3.63, 3.8) is 0 Å². The van der Waals surface area contributed by atoms with Gasteiger partial charge in [0, 0.05) is 37.5 Å². The Balaban J connectivity index is 2.13. The topological polar surface area (TPSA) is 6.48 Å². The van der Waals surface area contributed by atoms with Crippen LogP contribution in [0, 0.1) is 0 Å². The van der Waals surface area contributed by atoms with Crippen LogP contribution in [0.2, 0.25) is 0 Å². The molecule has 1 atom stereocenters. The third kappa shape index (κ3) is 2.42. The van der Waals surface area contributed by atoms with E-state index in [-0.39, 0.29) is 5.66 Å².